The summed E-state index contributed by atoms with van der Waals surface area (Å²) in [6, 6.07) is 1.66. The minimum Gasteiger partial charge on any atom is -0.384 e. The fraction of sp³-hybridized carbons (Fsp3) is 0.182. The second kappa shape index (κ2) is 5.31. The average molecular weight is 300 g/mol. The van der Waals surface area contributed by atoms with E-state index in [-0.39, 0.29) is 23.7 Å². The summed E-state index contributed by atoms with van der Waals surface area (Å²) in [6.07, 6.45) is -3.22. The molecule has 2 heterocycles. The highest BCUT2D eigenvalue weighted by Gasteiger charge is 2.33. The van der Waals surface area contributed by atoms with Crippen LogP contribution in [-0.2, 0) is 12.7 Å². The van der Waals surface area contributed by atoms with Gasteiger partial charge in [-0.1, -0.05) is 0 Å². The molecule has 2 rings (SSSR count). The van der Waals surface area contributed by atoms with Crippen molar-refractivity contribution in [3.05, 3.63) is 35.2 Å². The largest absolute Gasteiger partial charge is 0.433 e. The summed E-state index contributed by atoms with van der Waals surface area (Å²) in [7, 11) is 0. The van der Waals surface area contributed by atoms with Crippen LogP contribution < -0.4 is 16.8 Å². The van der Waals surface area contributed by atoms with Crippen LogP contribution in [0.1, 0.15) is 21.6 Å². The van der Waals surface area contributed by atoms with Gasteiger partial charge in [-0.2, -0.15) is 18.3 Å². The van der Waals surface area contributed by atoms with Crippen molar-refractivity contribution in [3.8, 4) is 0 Å². The Morgan fingerprint density at radius 3 is 2.62 bits per heavy atom. The highest BCUT2D eigenvalue weighted by molar-refractivity contribution is 5.97. The molecule has 0 aliphatic carbocycles. The van der Waals surface area contributed by atoms with E-state index in [9.17, 15) is 18.0 Å². The lowest BCUT2D eigenvalue weighted by Gasteiger charge is -2.12. The number of hydrogen-bond donors (Lipinski definition) is 4. The minimum atomic E-state index is -4.62. The quantitative estimate of drug-likeness (QED) is 0.673. The van der Waals surface area contributed by atoms with E-state index in [1.807, 2.05) is 0 Å². The van der Waals surface area contributed by atoms with Gasteiger partial charge < -0.3 is 16.8 Å². The number of anilines is 2. The summed E-state index contributed by atoms with van der Waals surface area (Å²) < 4.78 is 37.9. The number of rotatable bonds is 4. The highest BCUT2D eigenvalue weighted by Crippen LogP contribution is 2.29. The molecule has 0 aliphatic rings. The van der Waals surface area contributed by atoms with E-state index in [1.54, 1.807) is 0 Å². The van der Waals surface area contributed by atoms with Gasteiger partial charge in [0.1, 0.15) is 17.3 Å². The number of aromatic amines is 1. The Kier molecular flexibility index (Phi) is 3.70. The van der Waals surface area contributed by atoms with E-state index in [4.69, 9.17) is 11.5 Å². The summed E-state index contributed by atoms with van der Waals surface area (Å²) in [5.74, 6) is -0.896. The number of nitrogens with two attached hydrogens (primary N) is 2. The van der Waals surface area contributed by atoms with Gasteiger partial charge in [-0.25, -0.2) is 4.98 Å². The van der Waals surface area contributed by atoms with Crippen LogP contribution >= 0.6 is 0 Å². The number of halogens is 3. The lowest BCUT2D eigenvalue weighted by Crippen LogP contribution is -2.18. The maximum Gasteiger partial charge on any atom is 0.433 e. The summed E-state index contributed by atoms with van der Waals surface area (Å²) in [6.45, 7) is 0.0386. The van der Waals surface area contributed by atoms with Gasteiger partial charge in [0.2, 0.25) is 0 Å². The van der Waals surface area contributed by atoms with Crippen molar-refractivity contribution >= 4 is 17.5 Å². The van der Waals surface area contributed by atoms with Crippen LogP contribution in [0.2, 0.25) is 0 Å². The van der Waals surface area contributed by atoms with Crippen molar-refractivity contribution < 1.29 is 18.0 Å². The normalized spacial score (nSPS) is 11.4. The Hall–Kier alpha value is -2.78. The third-order valence-electron chi connectivity index (χ3n) is 2.65. The molecule has 7 nitrogen and oxygen atoms in total. The van der Waals surface area contributed by atoms with Gasteiger partial charge in [0.25, 0.3) is 5.91 Å². The van der Waals surface area contributed by atoms with Crippen LogP contribution in [0.5, 0.6) is 0 Å². The van der Waals surface area contributed by atoms with Crippen molar-refractivity contribution in [2.45, 2.75) is 12.7 Å². The molecule has 0 radical (unpaired) electrons. The first-order chi connectivity index (χ1) is 9.79. The molecule has 6 N–H and O–H groups in total. The molecule has 0 aliphatic heterocycles. The molecule has 10 heteroatoms. The first-order valence-electron chi connectivity index (χ1n) is 5.68. The number of hydrogen-bond acceptors (Lipinski definition) is 5. The van der Waals surface area contributed by atoms with Crippen LogP contribution in [0.15, 0.2) is 18.3 Å². The van der Waals surface area contributed by atoms with Gasteiger partial charge in [0.05, 0.1) is 11.8 Å². The second-order valence-corrected chi connectivity index (χ2v) is 4.12. The summed E-state index contributed by atoms with van der Waals surface area (Å²) in [4.78, 5) is 14.6. The smallest absolute Gasteiger partial charge is 0.384 e. The van der Waals surface area contributed by atoms with Crippen molar-refractivity contribution in [2.24, 2.45) is 5.73 Å². The number of nitrogen functional groups attached to an aromatic ring is 1. The number of primary amides is 1. The van der Waals surface area contributed by atoms with E-state index in [0.29, 0.717) is 11.6 Å². The number of carbonyl (C=O) groups excluding carboxylic acids is 1. The second-order valence-electron chi connectivity index (χ2n) is 4.12. The summed E-state index contributed by atoms with van der Waals surface area (Å²) >= 11 is 0. The number of alkyl halides is 3. The monoisotopic (exact) mass is 300 g/mol. The lowest BCUT2D eigenvalue weighted by atomic mass is 10.2. The number of amides is 1. The molecule has 0 aromatic carbocycles. The number of carbonyl (C=O) groups is 1. The maximum absolute atomic E-state index is 12.6. The van der Waals surface area contributed by atoms with Crippen LogP contribution in [0.3, 0.4) is 0 Å². The van der Waals surface area contributed by atoms with Crippen LogP contribution in [0.25, 0.3) is 0 Å². The van der Waals surface area contributed by atoms with Gasteiger partial charge in [0, 0.05) is 12.1 Å². The van der Waals surface area contributed by atoms with E-state index in [1.165, 1.54) is 6.20 Å². The van der Waals surface area contributed by atoms with Gasteiger partial charge in [-0.05, 0) is 12.1 Å². The number of aromatic nitrogens is 3. The molecule has 0 unspecified atom stereocenters. The molecular weight excluding hydrogens is 289 g/mol. The van der Waals surface area contributed by atoms with Crippen LogP contribution in [0.4, 0.5) is 24.8 Å². The molecule has 0 bridgehead atoms. The summed E-state index contributed by atoms with van der Waals surface area (Å²) in [5.41, 5.74) is 9.90. The molecule has 0 saturated carbocycles. The maximum atomic E-state index is 12.6. The van der Waals surface area contributed by atoms with Crippen molar-refractivity contribution in [2.75, 3.05) is 11.1 Å². The predicted molar refractivity (Wildman–Crippen MR) is 68.1 cm³/mol. The van der Waals surface area contributed by atoms with Crippen LogP contribution in [0, 0.1) is 0 Å². The molecule has 0 fully saturated rings. The third kappa shape index (κ3) is 3.22. The van der Waals surface area contributed by atoms with Crippen molar-refractivity contribution in [1.82, 2.24) is 15.2 Å². The topological polar surface area (TPSA) is 123 Å². The van der Waals surface area contributed by atoms with Crippen molar-refractivity contribution in [3.63, 3.8) is 0 Å². The molecule has 0 saturated heterocycles. The van der Waals surface area contributed by atoms with Gasteiger partial charge in [-0.15, -0.1) is 0 Å². The number of H-pyrrole nitrogens is 1. The molecule has 0 atom stereocenters. The number of pyridine rings is 1. The number of nitrogens with one attached hydrogen (secondary N) is 2. The fourth-order valence-corrected chi connectivity index (χ4v) is 1.59. The van der Waals surface area contributed by atoms with Crippen molar-refractivity contribution in [1.29, 1.82) is 0 Å². The van der Waals surface area contributed by atoms with Gasteiger partial charge in [0.15, 0.2) is 0 Å². The molecule has 2 aromatic heterocycles. The zero-order valence-corrected chi connectivity index (χ0v) is 10.5. The zero-order chi connectivity index (χ0) is 15.6. The Morgan fingerprint density at radius 1 is 1.38 bits per heavy atom. The Bertz CT molecular complexity index is 666. The van der Waals surface area contributed by atoms with E-state index in [2.05, 4.69) is 20.5 Å². The van der Waals surface area contributed by atoms with E-state index < -0.39 is 17.8 Å². The zero-order valence-electron chi connectivity index (χ0n) is 10.5. The average Bonchev–Trinajstić information content (AvgIpc) is 2.80. The van der Waals surface area contributed by atoms with E-state index in [0.717, 1.165) is 6.07 Å². The third-order valence-corrected chi connectivity index (χ3v) is 2.65. The first kappa shape index (κ1) is 14.6. The SMILES string of the molecule is NC(=O)c1ccc(C(F)(F)F)nc1NCc1cn[nH]c1N. The molecular formula is C11H11F3N6O. The fourth-order valence-electron chi connectivity index (χ4n) is 1.59. The molecule has 112 valence electrons. The van der Waals surface area contributed by atoms with Gasteiger partial charge in [-0.3, -0.25) is 9.89 Å². The van der Waals surface area contributed by atoms with Crippen LogP contribution in [-0.4, -0.2) is 21.1 Å². The summed E-state index contributed by atoms with van der Waals surface area (Å²) in [5, 5.41) is 8.74. The standard InChI is InChI=1S/C11H11F3N6O/c12-11(13,14)7-2-1-6(9(16)21)10(19-7)17-3-5-4-18-20-8(5)15/h1-2,4H,3H2,(H2,16,21)(H,17,19)(H3,15,18,20). The van der Waals surface area contributed by atoms with Gasteiger partial charge >= 0.3 is 6.18 Å². The highest BCUT2D eigenvalue weighted by atomic mass is 19.4. The molecule has 21 heavy (non-hydrogen) atoms. The lowest BCUT2D eigenvalue weighted by molar-refractivity contribution is -0.141. The molecule has 1 amide bonds. The number of nitrogens with zero attached hydrogens (tertiary/aromatic N) is 2. The molecule has 0 spiro atoms. The molecule has 2 aromatic rings. The Balaban J connectivity index is 2.31. The Labute approximate surface area is 116 Å². The minimum absolute atomic E-state index is 0.0386. The van der Waals surface area contributed by atoms with E-state index >= 15 is 0 Å². The predicted octanol–water partition coefficient (Wildman–Crippen LogP) is 1.12. The Morgan fingerprint density at radius 2 is 2.10 bits per heavy atom. The first-order valence-corrected chi connectivity index (χ1v) is 5.68.